The molecule has 1 unspecified atom stereocenters. The Morgan fingerprint density at radius 2 is 2.04 bits per heavy atom. The molecule has 6 heteroatoms. The zero-order valence-electron chi connectivity index (χ0n) is 13.7. The fourth-order valence-electron chi connectivity index (χ4n) is 3.23. The van der Waals surface area contributed by atoms with Gasteiger partial charge in [0.2, 0.25) is 0 Å². The van der Waals surface area contributed by atoms with Crippen LogP contribution in [0.25, 0.3) is 11.0 Å². The predicted molar refractivity (Wildman–Crippen MR) is 95.1 cm³/mol. The lowest BCUT2D eigenvalue weighted by atomic mass is 10.0. The SMILES string of the molecule is CC(c1ccc(Cl)cc1)N(C(=O)c1cc(F)cc2[nH]cnc12)C1CC1. The van der Waals surface area contributed by atoms with Crippen molar-refractivity contribution in [3.05, 3.63) is 64.7 Å². The summed E-state index contributed by atoms with van der Waals surface area (Å²) in [5.41, 5.74) is 2.32. The van der Waals surface area contributed by atoms with E-state index in [1.807, 2.05) is 36.1 Å². The fourth-order valence-corrected chi connectivity index (χ4v) is 3.36. The lowest BCUT2D eigenvalue weighted by Gasteiger charge is -2.30. The number of rotatable bonds is 4. The van der Waals surface area contributed by atoms with Crippen molar-refractivity contribution < 1.29 is 9.18 Å². The Bertz CT molecular complexity index is 933. The summed E-state index contributed by atoms with van der Waals surface area (Å²) in [5.74, 6) is -0.642. The van der Waals surface area contributed by atoms with Gasteiger partial charge in [0.05, 0.1) is 23.4 Å². The second kappa shape index (κ2) is 6.15. The van der Waals surface area contributed by atoms with Crippen molar-refractivity contribution in [2.24, 2.45) is 0 Å². The molecule has 4 rings (SSSR count). The Morgan fingerprint density at radius 3 is 2.72 bits per heavy atom. The van der Waals surface area contributed by atoms with E-state index in [0.29, 0.717) is 21.6 Å². The maximum absolute atomic E-state index is 14.0. The molecule has 0 aliphatic heterocycles. The highest BCUT2D eigenvalue weighted by Gasteiger charge is 2.37. The summed E-state index contributed by atoms with van der Waals surface area (Å²) in [6, 6.07) is 10.1. The van der Waals surface area contributed by atoms with E-state index in [2.05, 4.69) is 9.97 Å². The van der Waals surface area contributed by atoms with E-state index in [4.69, 9.17) is 11.6 Å². The normalized spacial score (nSPS) is 15.3. The van der Waals surface area contributed by atoms with Gasteiger partial charge >= 0.3 is 0 Å². The number of nitrogens with one attached hydrogen (secondary N) is 1. The van der Waals surface area contributed by atoms with Crippen molar-refractivity contribution in [3.63, 3.8) is 0 Å². The molecule has 1 atom stereocenters. The molecule has 4 nitrogen and oxygen atoms in total. The van der Waals surface area contributed by atoms with Crippen LogP contribution >= 0.6 is 11.6 Å². The van der Waals surface area contributed by atoms with Crippen LogP contribution in [0.15, 0.2) is 42.7 Å². The van der Waals surface area contributed by atoms with E-state index in [-0.39, 0.29) is 18.0 Å². The highest BCUT2D eigenvalue weighted by Crippen LogP contribution is 2.36. The lowest BCUT2D eigenvalue weighted by Crippen LogP contribution is -2.35. The second-order valence-electron chi connectivity index (χ2n) is 6.42. The third-order valence-corrected chi connectivity index (χ3v) is 4.92. The van der Waals surface area contributed by atoms with Crippen LogP contribution in [-0.2, 0) is 0 Å². The average Bonchev–Trinajstić information content (AvgIpc) is 3.31. The maximum atomic E-state index is 14.0. The monoisotopic (exact) mass is 357 g/mol. The Morgan fingerprint density at radius 1 is 1.32 bits per heavy atom. The van der Waals surface area contributed by atoms with Gasteiger partial charge in [-0.3, -0.25) is 4.79 Å². The van der Waals surface area contributed by atoms with Crippen LogP contribution in [-0.4, -0.2) is 26.8 Å². The summed E-state index contributed by atoms with van der Waals surface area (Å²) in [7, 11) is 0. The molecule has 128 valence electrons. The molecular weight excluding hydrogens is 341 g/mol. The van der Waals surface area contributed by atoms with Gasteiger partial charge in [-0.1, -0.05) is 23.7 Å². The van der Waals surface area contributed by atoms with Crippen LogP contribution in [0.3, 0.4) is 0 Å². The first-order valence-corrected chi connectivity index (χ1v) is 8.63. The van der Waals surface area contributed by atoms with Crippen molar-refractivity contribution in [2.75, 3.05) is 0 Å². The van der Waals surface area contributed by atoms with Gasteiger partial charge in [-0.25, -0.2) is 9.37 Å². The molecule has 25 heavy (non-hydrogen) atoms. The number of carbonyl (C=O) groups is 1. The van der Waals surface area contributed by atoms with E-state index < -0.39 is 5.82 Å². The molecule has 1 N–H and O–H groups in total. The standard InChI is InChI=1S/C19H17ClFN3O/c1-11(12-2-4-13(20)5-3-12)24(15-6-7-15)19(25)16-8-14(21)9-17-18(16)23-10-22-17/h2-5,8-11,15H,6-7H2,1H3,(H,22,23). The van der Waals surface area contributed by atoms with E-state index in [0.717, 1.165) is 18.4 Å². The van der Waals surface area contributed by atoms with Crippen LogP contribution in [0.4, 0.5) is 4.39 Å². The van der Waals surface area contributed by atoms with Gasteiger partial charge in [0.15, 0.2) is 0 Å². The number of imidazole rings is 1. The first-order valence-electron chi connectivity index (χ1n) is 8.25. The minimum atomic E-state index is -0.449. The maximum Gasteiger partial charge on any atom is 0.256 e. The van der Waals surface area contributed by atoms with Gasteiger partial charge in [0, 0.05) is 11.1 Å². The number of hydrogen-bond acceptors (Lipinski definition) is 2. The van der Waals surface area contributed by atoms with Crippen molar-refractivity contribution in [3.8, 4) is 0 Å². The van der Waals surface area contributed by atoms with E-state index >= 15 is 0 Å². The number of nitrogens with zero attached hydrogens (tertiary/aromatic N) is 2. The van der Waals surface area contributed by atoms with Gasteiger partial charge in [0.1, 0.15) is 11.3 Å². The highest BCUT2D eigenvalue weighted by atomic mass is 35.5. The average molecular weight is 358 g/mol. The number of fused-ring (bicyclic) bond motifs is 1. The van der Waals surface area contributed by atoms with E-state index in [1.165, 1.54) is 18.5 Å². The first-order chi connectivity index (χ1) is 12.0. The molecule has 0 radical (unpaired) electrons. The van der Waals surface area contributed by atoms with Crippen molar-refractivity contribution in [1.29, 1.82) is 0 Å². The highest BCUT2D eigenvalue weighted by molar-refractivity contribution is 6.30. The number of benzene rings is 2. The van der Waals surface area contributed by atoms with Gasteiger partial charge in [-0.15, -0.1) is 0 Å². The van der Waals surface area contributed by atoms with Crippen LogP contribution in [0.2, 0.25) is 5.02 Å². The largest absolute Gasteiger partial charge is 0.344 e. The molecule has 1 aliphatic carbocycles. The second-order valence-corrected chi connectivity index (χ2v) is 6.86. The topological polar surface area (TPSA) is 49.0 Å². The van der Waals surface area contributed by atoms with Gasteiger partial charge in [0.25, 0.3) is 5.91 Å². The summed E-state index contributed by atoms with van der Waals surface area (Å²) in [6.07, 6.45) is 3.40. The third-order valence-electron chi connectivity index (χ3n) is 4.66. The molecule has 1 fully saturated rings. The molecule has 0 saturated heterocycles. The molecule has 1 heterocycles. The molecular formula is C19H17ClFN3O. The summed E-state index contributed by atoms with van der Waals surface area (Å²) < 4.78 is 14.0. The summed E-state index contributed by atoms with van der Waals surface area (Å²) in [4.78, 5) is 22.2. The Kier molecular flexibility index (Phi) is 3.96. The lowest BCUT2D eigenvalue weighted by molar-refractivity contribution is 0.0675. The molecule has 1 aromatic heterocycles. The van der Waals surface area contributed by atoms with Gasteiger partial charge in [-0.05, 0) is 49.6 Å². The molecule has 0 spiro atoms. The zero-order chi connectivity index (χ0) is 17.6. The van der Waals surface area contributed by atoms with Crippen LogP contribution in [0, 0.1) is 5.82 Å². The van der Waals surface area contributed by atoms with Crippen molar-refractivity contribution >= 4 is 28.5 Å². The molecule has 1 aliphatic rings. The Labute approximate surface area is 149 Å². The fraction of sp³-hybridized carbons (Fsp3) is 0.263. The van der Waals surface area contributed by atoms with E-state index in [9.17, 15) is 9.18 Å². The number of halogens is 2. The van der Waals surface area contributed by atoms with Crippen LogP contribution in [0.5, 0.6) is 0 Å². The number of amides is 1. The quantitative estimate of drug-likeness (QED) is 0.734. The number of aromatic nitrogens is 2. The number of carbonyl (C=O) groups excluding carboxylic acids is 1. The molecule has 1 saturated carbocycles. The third kappa shape index (κ3) is 3.00. The summed E-state index contributed by atoms with van der Waals surface area (Å²) in [5, 5.41) is 0.656. The molecule has 1 amide bonds. The van der Waals surface area contributed by atoms with Crippen molar-refractivity contribution in [1.82, 2.24) is 14.9 Å². The first kappa shape index (κ1) is 16.1. The van der Waals surface area contributed by atoms with E-state index in [1.54, 1.807) is 0 Å². The zero-order valence-corrected chi connectivity index (χ0v) is 14.4. The Hall–Kier alpha value is -2.40. The minimum Gasteiger partial charge on any atom is -0.344 e. The minimum absolute atomic E-state index is 0.130. The number of hydrogen-bond donors (Lipinski definition) is 1. The molecule has 2 aromatic carbocycles. The molecule has 0 bridgehead atoms. The van der Waals surface area contributed by atoms with Gasteiger partial charge < -0.3 is 9.88 Å². The number of H-pyrrole nitrogens is 1. The number of aromatic amines is 1. The summed E-state index contributed by atoms with van der Waals surface area (Å²) >= 11 is 5.97. The van der Waals surface area contributed by atoms with Crippen LogP contribution < -0.4 is 0 Å². The molecule has 3 aromatic rings. The van der Waals surface area contributed by atoms with Crippen molar-refractivity contribution in [2.45, 2.75) is 31.8 Å². The smallest absolute Gasteiger partial charge is 0.256 e. The van der Waals surface area contributed by atoms with Gasteiger partial charge in [-0.2, -0.15) is 0 Å². The Balaban J connectivity index is 1.74. The predicted octanol–water partition coefficient (Wildman–Crippen LogP) is 4.72. The summed E-state index contributed by atoms with van der Waals surface area (Å²) in [6.45, 7) is 1.99. The van der Waals surface area contributed by atoms with Crippen LogP contribution in [0.1, 0.15) is 41.7 Å².